The molecule has 1 aromatic rings. The normalized spacial score (nSPS) is 13.7. The van der Waals surface area contributed by atoms with E-state index in [1.54, 1.807) is 37.3 Å². The number of hydrogen-bond donors (Lipinski definition) is 2. The maximum atomic E-state index is 12.3. The predicted molar refractivity (Wildman–Crippen MR) is 71.0 cm³/mol. The average Bonchev–Trinajstić information content (AvgIpc) is 2.44. The van der Waals surface area contributed by atoms with Gasteiger partial charge in [-0.05, 0) is 12.5 Å². The van der Waals surface area contributed by atoms with Crippen molar-refractivity contribution in [1.29, 1.82) is 0 Å². The molecule has 1 amide bonds. The van der Waals surface area contributed by atoms with Gasteiger partial charge in [0.1, 0.15) is 6.04 Å². The first-order valence-electron chi connectivity index (χ1n) is 6.43. The molecule has 0 bridgehead atoms. The zero-order valence-corrected chi connectivity index (χ0v) is 11.5. The number of nitrogens with one attached hydrogen (secondary N) is 1. The molecule has 1 aromatic carbocycles. The van der Waals surface area contributed by atoms with Crippen LogP contribution in [-0.4, -0.2) is 36.1 Å². The van der Waals surface area contributed by atoms with E-state index in [1.807, 2.05) is 0 Å². The summed E-state index contributed by atoms with van der Waals surface area (Å²) in [6, 6.07) is 6.78. The van der Waals surface area contributed by atoms with E-state index in [2.05, 4.69) is 5.32 Å². The number of halogens is 2. The maximum absolute atomic E-state index is 12.3. The molecule has 0 heterocycles. The van der Waals surface area contributed by atoms with E-state index in [-0.39, 0.29) is 6.61 Å². The van der Waals surface area contributed by atoms with E-state index < -0.39 is 36.9 Å². The van der Waals surface area contributed by atoms with Gasteiger partial charge in [-0.25, -0.2) is 13.6 Å². The summed E-state index contributed by atoms with van der Waals surface area (Å²) in [5.41, 5.74) is 0.526. The minimum absolute atomic E-state index is 0.222. The first-order chi connectivity index (χ1) is 9.95. The highest BCUT2D eigenvalue weighted by molar-refractivity contribution is 5.87. The number of benzene rings is 1. The highest BCUT2D eigenvalue weighted by atomic mass is 19.3. The number of carboxylic acid groups (broad SMARTS) is 1. The van der Waals surface area contributed by atoms with Crippen LogP contribution in [0.3, 0.4) is 0 Å². The highest BCUT2D eigenvalue weighted by Crippen LogP contribution is 2.18. The number of rotatable bonds is 8. The van der Waals surface area contributed by atoms with Gasteiger partial charge in [-0.1, -0.05) is 30.3 Å². The highest BCUT2D eigenvalue weighted by Gasteiger charge is 2.28. The minimum Gasteiger partial charge on any atom is -0.480 e. The van der Waals surface area contributed by atoms with Gasteiger partial charge in [-0.2, -0.15) is 0 Å². The number of aliphatic carboxylic acids is 1. The SMILES string of the molecule is CCOC(C(=O)NC(CC(F)F)C(=O)O)c1ccccc1. The van der Waals surface area contributed by atoms with Crippen LogP contribution in [0.15, 0.2) is 30.3 Å². The van der Waals surface area contributed by atoms with Crippen molar-refractivity contribution in [1.82, 2.24) is 5.32 Å². The molecule has 0 fully saturated rings. The molecule has 0 aliphatic rings. The fraction of sp³-hybridized carbons (Fsp3) is 0.429. The smallest absolute Gasteiger partial charge is 0.326 e. The average molecular weight is 301 g/mol. The standard InChI is InChI=1S/C14H17F2NO4/c1-2-21-12(9-6-4-3-5-7-9)13(18)17-10(14(19)20)8-11(15)16/h3-7,10-12H,2,8H2,1H3,(H,17,18)(H,19,20). The Labute approximate surface area is 120 Å². The van der Waals surface area contributed by atoms with Crippen molar-refractivity contribution in [3.8, 4) is 0 Å². The van der Waals surface area contributed by atoms with Crippen LogP contribution in [0.2, 0.25) is 0 Å². The van der Waals surface area contributed by atoms with Gasteiger partial charge < -0.3 is 15.2 Å². The molecule has 21 heavy (non-hydrogen) atoms. The number of hydrogen-bond acceptors (Lipinski definition) is 3. The van der Waals surface area contributed by atoms with Crippen molar-refractivity contribution in [2.45, 2.75) is 31.9 Å². The van der Waals surface area contributed by atoms with E-state index in [0.29, 0.717) is 5.56 Å². The second-order valence-electron chi connectivity index (χ2n) is 4.27. The van der Waals surface area contributed by atoms with Gasteiger partial charge in [-0.15, -0.1) is 0 Å². The van der Waals surface area contributed by atoms with Crippen LogP contribution in [0.4, 0.5) is 8.78 Å². The lowest BCUT2D eigenvalue weighted by atomic mass is 10.1. The molecule has 116 valence electrons. The van der Waals surface area contributed by atoms with Crippen LogP contribution >= 0.6 is 0 Å². The lowest BCUT2D eigenvalue weighted by Crippen LogP contribution is -2.44. The number of carbonyl (C=O) groups excluding carboxylic acids is 1. The molecular formula is C14H17F2NO4. The van der Waals surface area contributed by atoms with E-state index in [1.165, 1.54) is 0 Å². The summed E-state index contributed by atoms with van der Waals surface area (Å²) in [6.45, 7) is 1.90. The van der Waals surface area contributed by atoms with Gasteiger partial charge in [-0.3, -0.25) is 4.79 Å². The summed E-state index contributed by atoms with van der Waals surface area (Å²) < 4.78 is 29.9. The van der Waals surface area contributed by atoms with Crippen molar-refractivity contribution in [2.24, 2.45) is 0 Å². The number of alkyl halides is 2. The van der Waals surface area contributed by atoms with Gasteiger partial charge >= 0.3 is 5.97 Å². The lowest BCUT2D eigenvalue weighted by Gasteiger charge is -2.20. The molecule has 1 rings (SSSR count). The number of ether oxygens (including phenoxy) is 1. The van der Waals surface area contributed by atoms with Gasteiger partial charge in [0.25, 0.3) is 5.91 Å². The van der Waals surface area contributed by atoms with Crippen LogP contribution in [0.5, 0.6) is 0 Å². The van der Waals surface area contributed by atoms with E-state index in [0.717, 1.165) is 0 Å². The van der Waals surface area contributed by atoms with Crippen LogP contribution in [0.25, 0.3) is 0 Å². The second kappa shape index (κ2) is 8.31. The molecule has 2 N–H and O–H groups in total. The molecule has 0 aliphatic heterocycles. The molecule has 2 unspecified atom stereocenters. The fourth-order valence-corrected chi connectivity index (χ4v) is 1.76. The summed E-state index contributed by atoms with van der Waals surface area (Å²) in [5.74, 6) is -2.26. The molecule has 5 nitrogen and oxygen atoms in total. The molecule has 0 aliphatic carbocycles. The van der Waals surface area contributed by atoms with Crippen molar-refractivity contribution in [3.63, 3.8) is 0 Å². The Morgan fingerprint density at radius 1 is 1.29 bits per heavy atom. The summed E-state index contributed by atoms with van der Waals surface area (Å²) >= 11 is 0. The molecular weight excluding hydrogens is 284 g/mol. The molecule has 0 radical (unpaired) electrons. The Bertz CT molecular complexity index is 467. The first kappa shape index (κ1) is 17.0. The molecule has 0 aromatic heterocycles. The second-order valence-corrected chi connectivity index (χ2v) is 4.27. The summed E-state index contributed by atoms with van der Waals surface area (Å²) in [7, 11) is 0. The largest absolute Gasteiger partial charge is 0.480 e. The molecule has 0 saturated carbocycles. The zero-order valence-electron chi connectivity index (χ0n) is 11.5. The minimum atomic E-state index is -2.83. The summed E-state index contributed by atoms with van der Waals surface area (Å²) in [5, 5.41) is 11.0. The Morgan fingerprint density at radius 3 is 2.38 bits per heavy atom. The zero-order chi connectivity index (χ0) is 15.8. The summed E-state index contributed by atoms with van der Waals surface area (Å²) in [6.07, 6.45) is -4.81. The molecule has 0 saturated heterocycles. The maximum Gasteiger partial charge on any atom is 0.326 e. The van der Waals surface area contributed by atoms with Crippen molar-refractivity contribution < 1.29 is 28.2 Å². The molecule has 7 heteroatoms. The van der Waals surface area contributed by atoms with E-state index in [9.17, 15) is 18.4 Å². The third kappa shape index (κ3) is 5.47. The Hall–Kier alpha value is -2.02. The number of carbonyl (C=O) groups is 2. The Balaban J connectivity index is 2.83. The van der Waals surface area contributed by atoms with Gasteiger partial charge in [0, 0.05) is 13.0 Å². The summed E-state index contributed by atoms with van der Waals surface area (Å²) in [4.78, 5) is 23.0. The predicted octanol–water partition coefficient (Wildman–Crippen LogP) is 1.99. The number of amides is 1. The first-order valence-corrected chi connectivity index (χ1v) is 6.43. The van der Waals surface area contributed by atoms with Crippen LogP contribution in [0, 0.1) is 0 Å². The monoisotopic (exact) mass is 301 g/mol. The third-order valence-electron chi connectivity index (χ3n) is 2.70. The van der Waals surface area contributed by atoms with Gasteiger partial charge in [0.05, 0.1) is 0 Å². The van der Waals surface area contributed by atoms with E-state index in [4.69, 9.17) is 9.84 Å². The third-order valence-corrected chi connectivity index (χ3v) is 2.70. The van der Waals surface area contributed by atoms with Crippen molar-refractivity contribution >= 4 is 11.9 Å². The number of carboxylic acids is 1. The van der Waals surface area contributed by atoms with Gasteiger partial charge in [0.2, 0.25) is 6.43 Å². The quantitative estimate of drug-likeness (QED) is 0.770. The van der Waals surface area contributed by atoms with Crippen molar-refractivity contribution in [2.75, 3.05) is 6.61 Å². The Kier molecular flexibility index (Phi) is 6.74. The molecule has 0 spiro atoms. The van der Waals surface area contributed by atoms with E-state index >= 15 is 0 Å². The molecule has 2 atom stereocenters. The fourth-order valence-electron chi connectivity index (χ4n) is 1.76. The van der Waals surface area contributed by atoms with Crippen molar-refractivity contribution in [3.05, 3.63) is 35.9 Å². The Morgan fingerprint density at radius 2 is 1.90 bits per heavy atom. The van der Waals surface area contributed by atoms with Gasteiger partial charge in [0.15, 0.2) is 6.10 Å². The van der Waals surface area contributed by atoms with Crippen LogP contribution < -0.4 is 5.32 Å². The topological polar surface area (TPSA) is 75.6 Å². The lowest BCUT2D eigenvalue weighted by molar-refractivity contribution is -0.145. The van der Waals surface area contributed by atoms with Crippen LogP contribution in [-0.2, 0) is 14.3 Å². The van der Waals surface area contributed by atoms with Crippen LogP contribution in [0.1, 0.15) is 25.0 Å².